The molecule has 0 aromatic carbocycles. The van der Waals surface area contributed by atoms with Crippen molar-refractivity contribution in [2.75, 3.05) is 6.61 Å². The van der Waals surface area contributed by atoms with Crippen LogP contribution in [0.4, 0.5) is 0 Å². The van der Waals surface area contributed by atoms with Gasteiger partial charge in [-0.25, -0.2) is 0 Å². The largest absolute Gasteiger partial charge is 0.481 e. The topological polar surface area (TPSA) is 57.5 Å². The summed E-state index contributed by atoms with van der Waals surface area (Å²) in [6.07, 6.45) is 0.767. The Labute approximate surface area is 111 Å². The van der Waals surface area contributed by atoms with Gasteiger partial charge in [0.2, 0.25) is 0 Å². The third kappa shape index (κ3) is 24.7. The number of aliphatic hydroxyl groups is 1. The van der Waals surface area contributed by atoms with E-state index in [-0.39, 0.29) is 13.6 Å². The van der Waals surface area contributed by atoms with Crippen LogP contribution in [0.1, 0.15) is 13.3 Å². The lowest BCUT2D eigenvalue weighted by molar-refractivity contribution is -0.134. The van der Waals surface area contributed by atoms with Gasteiger partial charge in [0.05, 0.1) is 6.61 Å². The number of aliphatic carboxylic acids is 1. The van der Waals surface area contributed by atoms with Crippen molar-refractivity contribution in [2.24, 2.45) is 0 Å². The first-order chi connectivity index (χ1) is 5.69. The third-order valence-corrected chi connectivity index (χ3v) is 2.24. The second-order valence-corrected chi connectivity index (χ2v) is 10.7. The summed E-state index contributed by atoms with van der Waals surface area (Å²) in [4.78, 5) is 9.12. The summed E-state index contributed by atoms with van der Waals surface area (Å²) in [7, 11) is 0. The predicted molar refractivity (Wildman–Crippen MR) is 67.2 cm³/mol. The van der Waals surface area contributed by atoms with Gasteiger partial charge in [-0.1, -0.05) is 63.7 Å². The number of aliphatic hydroxyl groups excluding tert-OH is 1. The molecule has 0 spiro atoms. The minimum absolute atomic E-state index is 0.121. The fourth-order valence-corrected chi connectivity index (χ4v) is 3.28. The zero-order chi connectivity index (χ0) is 11.1. The molecule has 0 aliphatic heterocycles. The first kappa shape index (κ1) is 16.8. The molecule has 0 heterocycles. The molecule has 7 heteroatoms. The molecule has 0 radical (unpaired) electrons. The second kappa shape index (κ2) is 8.64. The lowest BCUT2D eigenvalue weighted by atomic mass is 10.4. The number of hydrogen-bond donors (Lipinski definition) is 2. The van der Waals surface area contributed by atoms with Crippen LogP contribution in [-0.2, 0) is 4.79 Å². The second-order valence-electron chi connectivity index (χ2n) is 2.12. The highest BCUT2D eigenvalue weighted by molar-refractivity contribution is 9.39. The van der Waals surface area contributed by atoms with Gasteiger partial charge < -0.3 is 10.2 Å². The number of hydrogen-bond acceptors (Lipinski definition) is 2. The number of carbonyl (C=O) groups is 1. The van der Waals surface area contributed by atoms with Crippen molar-refractivity contribution in [3.63, 3.8) is 0 Å². The molecule has 0 aliphatic rings. The zero-order valence-electron chi connectivity index (χ0n) is 6.81. The van der Waals surface area contributed by atoms with E-state index < -0.39 is 5.97 Å². The van der Waals surface area contributed by atoms with E-state index >= 15 is 0 Å². The van der Waals surface area contributed by atoms with Crippen LogP contribution in [0.3, 0.4) is 0 Å². The number of alkyl halides is 4. The quantitative estimate of drug-likeness (QED) is 0.637. The fraction of sp³-hybridized carbons (Fsp3) is 0.833. The Morgan fingerprint density at radius 1 is 1.46 bits per heavy atom. The first-order valence-electron chi connectivity index (χ1n) is 3.20. The van der Waals surface area contributed by atoms with Gasteiger partial charge in [-0.15, -0.1) is 0 Å². The predicted octanol–water partition coefficient (Wildman–Crippen LogP) is 3.06. The van der Waals surface area contributed by atoms with E-state index in [1.54, 1.807) is 0 Å². The van der Waals surface area contributed by atoms with Gasteiger partial charge in [-0.3, -0.25) is 4.79 Å². The Balaban J connectivity index is 0. The van der Waals surface area contributed by atoms with Crippen molar-refractivity contribution in [3.05, 3.63) is 0 Å². The minimum Gasteiger partial charge on any atom is -0.481 e. The first-order valence-corrected chi connectivity index (χ1v) is 6.49. The Kier molecular flexibility index (Phi) is 11.1. The van der Waals surface area contributed by atoms with Crippen LogP contribution in [0.2, 0.25) is 0 Å². The van der Waals surface area contributed by atoms with Crippen LogP contribution in [0, 0.1) is 0 Å². The van der Waals surface area contributed by atoms with Crippen molar-refractivity contribution in [2.45, 2.75) is 20.3 Å². The molecule has 0 aromatic heterocycles. The maximum Gasteiger partial charge on any atom is 0.300 e. The summed E-state index contributed by atoms with van der Waals surface area (Å²) in [6, 6.07) is 0. The highest BCUT2D eigenvalue weighted by Crippen LogP contribution is 2.39. The maximum atomic E-state index is 9.00. The normalized spacial score (nSPS) is 12.8. The Morgan fingerprint density at radius 3 is 1.85 bits per heavy atom. The SMILES string of the molecule is CC(=O)O.OCC(Br)CC(Br)(Br)Br. The van der Waals surface area contributed by atoms with Gasteiger partial charge in [0.1, 0.15) is 2.14 Å². The van der Waals surface area contributed by atoms with Gasteiger partial charge in [-0.05, 0) is 6.42 Å². The van der Waals surface area contributed by atoms with E-state index in [9.17, 15) is 0 Å². The lowest BCUT2D eigenvalue weighted by Gasteiger charge is -2.14. The van der Waals surface area contributed by atoms with Crippen molar-refractivity contribution in [3.8, 4) is 0 Å². The van der Waals surface area contributed by atoms with E-state index in [4.69, 9.17) is 15.0 Å². The molecule has 0 amide bonds. The van der Waals surface area contributed by atoms with E-state index in [2.05, 4.69) is 63.7 Å². The molecule has 0 aromatic rings. The van der Waals surface area contributed by atoms with E-state index in [1.165, 1.54) is 0 Å². The smallest absolute Gasteiger partial charge is 0.300 e. The Morgan fingerprint density at radius 2 is 1.77 bits per heavy atom. The van der Waals surface area contributed by atoms with Gasteiger partial charge in [0.15, 0.2) is 0 Å². The fourth-order valence-electron chi connectivity index (χ4n) is 0.316. The van der Waals surface area contributed by atoms with E-state index in [0.717, 1.165) is 13.3 Å². The molecule has 1 atom stereocenters. The molecule has 0 saturated carbocycles. The van der Waals surface area contributed by atoms with Crippen molar-refractivity contribution < 1.29 is 15.0 Å². The number of halogens is 4. The molecule has 3 nitrogen and oxygen atoms in total. The van der Waals surface area contributed by atoms with Gasteiger partial charge in [0, 0.05) is 11.8 Å². The average molecular weight is 450 g/mol. The molecule has 0 fully saturated rings. The Bertz CT molecular complexity index is 141. The third-order valence-electron chi connectivity index (χ3n) is 0.651. The minimum atomic E-state index is -0.833. The highest BCUT2D eigenvalue weighted by Gasteiger charge is 2.21. The molecular weight excluding hydrogens is 440 g/mol. The van der Waals surface area contributed by atoms with Crippen LogP contribution >= 0.6 is 63.7 Å². The summed E-state index contributed by atoms with van der Waals surface area (Å²) in [5, 5.41) is 16.0. The van der Waals surface area contributed by atoms with Crippen LogP contribution in [-0.4, -0.2) is 29.8 Å². The van der Waals surface area contributed by atoms with Gasteiger partial charge in [-0.2, -0.15) is 0 Å². The molecule has 0 saturated heterocycles. The van der Waals surface area contributed by atoms with E-state index in [0.29, 0.717) is 0 Å². The van der Waals surface area contributed by atoms with Crippen LogP contribution in [0.15, 0.2) is 0 Å². The molecule has 2 N–H and O–H groups in total. The van der Waals surface area contributed by atoms with Crippen LogP contribution in [0.5, 0.6) is 0 Å². The van der Waals surface area contributed by atoms with Crippen molar-refractivity contribution >= 4 is 69.7 Å². The molecule has 0 bridgehead atoms. The Hall–Kier alpha value is 1.35. The number of carboxylic acids is 1. The molecular formula is C6H10Br4O3. The number of rotatable bonds is 2. The standard InChI is InChI=1S/C4H6Br4O.C2H4O2/c5-3(2-9)1-4(6,7)8;1-2(3)4/h3,9H,1-2H2;1H3,(H,3,4). The van der Waals surface area contributed by atoms with E-state index in [1.807, 2.05) is 0 Å². The zero-order valence-corrected chi connectivity index (χ0v) is 13.2. The molecule has 13 heavy (non-hydrogen) atoms. The summed E-state index contributed by atoms with van der Waals surface area (Å²) < 4.78 is -0.246. The van der Waals surface area contributed by atoms with Gasteiger partial charge in [0.25, 0.3) is 5.97 Å². The van der Waals surface area contributed by atoms with Crippen molar-refractivity contribution in [1.29, 1.82) is 0 Å². The summed E-state index contributed by atoms with van der Waals surface area (Å²) in [5.41, 5.74) is 0. The number of carboxylic acid groups (broad SMARTS) is 1. The summed E-state index contributed by atoms with van der Waals surface area (Å²) in [6.45, 7) is 1.23. The molecule has 0 rings (SSSR count). The maximum absolute atomic E-state index is 9.00. The summed E-state index contributed by atoms with van der Waals surface area (Å²) in [5.74, 6) is -0.833. The monoisotopic (exact) mass is 446 g/mol. The molecule has 0 aliphatic carbocycles. The molecule has 1 unspecified atom stereocenters. The van der Waals surface area contributed by atoms with Crippen LogP contribution in [0.25, 0.3) is 0 Å². The average Bonchev–Trinajstić information content (AvgIpc) is 1.82. The van der Waals surface area contributed by atoms with Crippen LogP contribution < -0.4 is 0 Å². The van der Waals surface area contributed by atoms with Gasteiger partial charge >= 0.3 is 0 Å². The summed E-state index contributed by atoms with van der Waals surface area (Å²) >= 11 is 13.2. The van der Waals surface area contributed by atoms with Crippen molar-refractivity contribution in [1.82, 2.24) is 0 Å². The lowest BCUT2D eigenvalue weighted by Crippen LogP contribution is -2.12. The highest BCUT2D eigenvalue weighted by atomic mass is 80.0. The molecule has 80 valence electrons.